The van der Waals surface area contributed by atoms with Crippen LogP contribution in [0.15, 0.2) is 48.5 Å². The van der Waals surface area contributed by atoms with Crippen molar-refractivity contribution in [3.8, 4) is 0 Å². The molecule has 1 unspecified atom stereocenters. The highest BCUT2D eigenvalue weighted by atomic mass is 15.2. The van der Waals surface area contributed by atoms with E-state index in [1.807, 2.05) is 6.07 Å². The number of hydrazine groups is 1. The van der Waals surface area contributed by atoms with Gasteiger partial charge in [0.2, 0.25) is 0 Å². The molecular weight excluding hydrogens is 232 g/mol. The lowest BCUT2D eigenvalue weighted by Crippen LogP contribution is -2.38. The summed E-state index contributed by atoms with van der Waals surface area (Å²) in [7, 11) is 0. The number of benzene rings is 2. The monoisotopic (exact) mass is 254 g/mol. The second-order valence-electron chi connectivity index (χ2n) is 5.25. The summed E-state index contributed by atoms with van der Waals surface area (Å²) < 4.78 is 0. The summed E-state index contributed by atoms with van der Waals surface area (Å²) in [4.78, 5) is 0. The molecule has 0 aliphatic heterocycles. The largest absolute Gasteiger partial charge is 0.271 e. The van der Waals surface area contributed by atoms with Gasteiger partial charge in [-0.25, -0.2) is 0 Å². The summed E-state index contributed by atoms with van der Waals surface area (Å²) in [5.41, 5.74) is 8.22. The Morgan fingerprint density at radius 2 is 1.47 bits per heavy atom. The Kier molecular flexibility index (Phi) is 4.72. The topological polar surface area (TPSA) is 38.0 Å². The minimum absolute atomic E-state index is 0.267. The van der Waals surface area contributed by atoms with Gasteiger partial charge in [0.05, 0.1) is 0 Å². The number of nitrogens with two attached hydrogens (primary N) is 1. The van der Waals surface area contributed by atoms with Crippen molar-refractivity contribution in [3.05, 3.63) is 70.8 Å². The average Bonchev–Trinajstić information content (AvgIpc) is 2.38. The van der Waals surface area contributed by atoms with Gasteiger partial charge in [-0.1, -0.05) is 59.7 Å². The van der Waals surface area contributed by atoms with Gasteiger partial charge in [-0.2, -0.15) is 0 Å². The van der Waals surface area contributed by atoms with Crippen LogP contribution in [0.4, 0.5) is 0 Å². The third-order valence-electron chi connectivity index (χ3n) is 3.32. The molecule has 0 saturated heterocycles. The summed E-state index contributed by atoms with van der Waals surface area (Å²) in [6, 6.07) is 17.4. The maximum absolute atomic E-state index is 5.69. The Labute approximate surface area is 115 Å². The van der Waals surface area contributed by atoms with E-state index in [4.69, 9.17) is 5.84 Å². The van der Waals surface area contributed by atoms with Gasteiger partial charge in [0.1, 0.15) is 0 Å². The zero-order valence-corrected chi connectivity index (χ0v) is 11.7. The molecule has 0 aromatic heterocycles. The zero-order valence-electron chi connectivity index (χ0n) is 11.7. The van der Waals surface area contributed by atoms with Crippen molar-refractivity contribution in [1.82, 2.24) is 5.43 Å². The molecule has 2 aromatic carbocycles. The molecular formula is C17H22N2. The van der Waals surface area contributed by atoms with E-state index in [-0.39, 0.29) is 6.04 Å². The van der Waals surface area contributed by atoms with Crippen molar-refractivity contribution in [2.24, 2.45) is 5.84 Å². The third kappa shape index (κ3) is 4.19. The van der Waals surface area contributed by atoms with E-state index < -0.39 is 0 Å². The van der Waals surface area contributed by atoms with Gasteiger partial charge in [-0.15, -0.1) is 0 Å². The molecule has 0 saturated carbocycles. The first-order chi connectivity index (χ1) is 9.17. The maximum Gasteiger partial charge on any atom is 0.0291 e. The van der Waals surface area contributed by atoms with Crippen LogP contribution >= 0.6 is 0 Å². The molecule has 19 heavy (non-hydrogen) atoms. The molecule has 0 fully saturated rings. The molecule has 3 N–H and O–H groups in total. The van der Waals surface area contributed by atoms with Gasteiger partial charge in [0.15, 0.2) is 0 Å². The quantitative estimate of drug-likeness (QED) is 0.636. The van der Waals surface area contributed by atoms with E-state index in [2.05, 4.69) is 61.7 Å². The fourth-order valence-electron chi connectivity index (χ4n) is 2.56. The summed E-state index contributed by atoms with van der Waals surface area (Å²) in [6.07, 6.45) is 1.90. The van der Waals surface area contributed by atoms with Crippen LogP contribution in [0.1, 0.15) is 22.3 Å². The molecule has 2 heteroatoms. The van der Waals surface area contributed by atoms with E-state index in [1.54, 1.807) is 0 Å². The smallest absolute Gasteiger partial charge is 0.0291 e. The van der Waals surface area contributed by atoms with E-state index in [0.29, 0.717) is 0 Å². The van der Waals surface area contributed by atoms with Crippen LogP contribution in [0.25, 0.3) is 0 Å². The number of nitrogens with one attached hydrogen (secondary N) is 1. The summed E-state index contributed by atoms with van der Waals surface area (Å²) in [6.45, 7) is 4.27. The van der Waals surface area contributed by atoms with Crippen molar-refractivity contribution < 1.29 is 0 Å². The molecule has 0 heterocycles. The molecule has 100 valence electrons. The number of aryl methyl sites for hydroxylation is 2. The summed E-state index contributed by atoms with van der Waals surface area (Å²) >= 11 is 0. The fraction of sp³-hybridized carbons (Fsp3) is 0.294. The molecule has 0 spiro atoms. The summed E-state index contributed by atoms with van der Waals surface area (Å²) in [5.74, 6) is 5.69. The predicted octanol–water partition coefficient (Wildman–Crippen LogP) is 2.92. The molecule has 0 radical (unpaired) electrons. The highest BCUT2D eigenvalue weighted by Gasteiger charge is 2.09. The Morgan fingerprint density at radius 1 is 0.895 bits per heavy atom. The van der Waals surface area contributed by atoms with Gasteiger partial charge >= 0.3 is 0 Å². The van der Waals surface area contributed by atoms with E-state index in [1.165, 1.54) is 22.3 Å². The van der Waals surface area contributed by atoms with Crippen molar-refractivity contribution >= 4 is 0 Å². The molecule has 0 aliphatic carbocycles. The van der Waals surface area contributed by atoms with Gasteiger partial charge in [-0.05, 0) is 37.8 Å². The first-order valence-corrected chi connectivity index (χ1v) is 6.74. The zero-order chi connectivity index (χ0) is 13.7. The lowest BCUT2D eigenvalue weighted by atomic mass is 9.97. The van der Waals surface area contributed by atoms with Crippen LogP contribution in [0.5, 0.6) is 0 Å². The van der Waals surface area contributed by atoms with Crippen molar-refractivity contribution in [1.29, 1.82) is 0 Å². The molecule has 2 aromatic rings. The number of hydrogen-bond donors (Lipinski definition) is 2. The fourth-order valence-corrected chi connectivity index (χ4v) is 2.56. The van der Waals surface area contributed by atoms with Gasteiger partial charge in [-0.3, -0.25) is 11.3 Å². The first-order valence-electron chi connectivity index (χ1n) is 6.74. The van der Waals surface area contributed by atoms with Crippen molar-refractivity contribution in [2.75, 3.05) is 0 Å². The Hall–Kier alpha value is -1.64. The maximum atomic E-state index is 5.69. The van der Waals surface area contributed by atoms with Crippen LogP contribution in [-0.4, -0.2) is 6.04 Å². The van der Waals surface area contributed by atoms with Crippen LogP contribution in [0, 0.1) is 13.8 Å². The van der Waals surface area contributed by atoms with Crippen LogP contribution in [0.2, 0.25) is 0 Å². The lowest BCUT2D eigenvalue weighted by molar-refractivity contribution is 0.522. The van der Waals surface area contributed by atoms with Crippen LogP contribution in [0.3, 0.4) is 0 Å². The van der Waals surface area contributed by atoms with E-state index >= 15 is 0 Å². The second-order valence-corrected chi connectivity index (χ2v) is 5.25. The van der Waals surface area contributed by atoms with Crippen LogP contribution < -0.4 is 11.3 Å². The molecule has 0 aliphatic rings. The molecule has 1 atom stereocenters. The SMILES string of the molecule is Cc1cc(C)cc(CC(Cc2ccccc2)NN)c1. The molecule has 2 nitrogen and oxygen atoms in total. The Morgan fingerprint density at radius 3 is 2.05 bits per heavy atom. The Bertz CT molecular complexity index is 500. The average molecular weight is 254 g/mol. The summed E-state index contributed by atoms with van der Waals surface area (Å²) in [5, 5.41) is 0. The van der Waals surface area contributed by atoms with Crippen molar-refractivity contribution in [3.63, 3.8) is 0 Å². The first kappa shape index (κ1) is 13.8. The highest BCUT2D eigenvalue weighted by Crippen LogP contribution is 2.13. The van der Waals surface area contributed by atoms with E-state index in [0.717, 1.165) is 12.8 Å². The minimum atomic E-state index is 0.267. The van der Waals surface area contributed by atoms with E-state index in [9.17, 15) is 0 Å². The minimum Gasteiger partial charge on any atom is -0.271 e. The Balaban J connectivity index is 2.06. The van der Waals surface area contributed by atoms with Gasteiger partial charge < -0.3 is 0 Å². The van der Waals surface area contributed by atoms with Crippen molar-refractivity contribution in [2.45, 2.75) is 32.7 Å². The van der Waals surface area contributed by atoms with Gasteiger partial charge in [0.25, 0.3) is 0 Å². The second kappa shape index (κ2) is 6.50. The number of hydrogen-bond acceptors (Lipinski definition) is 2. The standard InChI is InChI=1S/C17H22N2/c1-13-8-14(2)10-16(9-13)12-17(19-18)11-15-6-4-3-5-7-15/h3-10,17,19H,11-12,18H2,1-2H3. The molecule has 0 bridgehead atoms. The number of rotatable bonds is 5. The van der Waals surface area contributed by atoms with Gasteiger partial charge in [0, 0.05) is 6.04 Å². The lowest BCUT2D eigenvalue weighted by Gasteiger charge is -2.17. The highest BCUT2D eigenvalue weighted by molar-refractivity contribution is 5.29. The third-order valence-corrected chi connectivity index (χ3v) is 3.32. The van der Waals surface area contributed by atoms with Crippen LogP contribution in [-0.2, 0) is 12.8 Å². The predicted molar refractivity (Wildman–Crippen MR) is 80.9 cm³/mol. The normalized spacial score (nSPS) is 12.4. The molecule has 0 amide bonds. The molecule has 2 rings (SSSR count).